The largest absolute Gasteiger partial charge is 0.352 e. The second kappa shape index (κ2) is 11.1. The summed E-state index contributed by atoms with van der Waals surface area (Å²) < 4.78 is 13.1. The Labute approximate surface area is 181 Å². The molecule has 1 heterocycles. The van der Waals surface area contributed by atoms with Gasteiger partial charge in [0.05, 0.1) is 5.69 Å². The lowest BCUT2D eigenvalue weighted by Crippen LogP contribution is -2.33. The van der Waals surface area contributed by atoms with Gasteiger partial charge in [-0.25, -0.2) is 4.39 Å². The van der Waals surface area contributed by atoms with Gasteiger partial charge in [0, 0.05) is 28.8 Å². The fourth-order valence-corrected chi connectivity index (χ4v) is 4.35. The molecule has 0 atom stereocenters. The zero-order valence-corrected chi connectivity index (χ0v) is 18.1. The third-order valence-corrected chi connectivity index (χ3v) is 6.06. The van der Waals surface area contributed by atoms with Crippen LogP contribution in [0.3, 0.4) is 0 Å². The number of benzene rings is 2. The van der Waals surface area contributed by atoms with Gasteiger partial charge in [0.15, 0.2) is 0 Å². The van der Waals surface area contributed by atoms with Gasteiger partial charge >= 0.3 is 0 Å². The number of likely N-dealkylation sites (tertiary alicyclic amines) is 1. The van der Waals surface area contributed by atoms with Crippen LogP contribution < -0.4 is 10.6 Å². The number of carbonyl (C=O) groups is 2. The molecule has 2 N–H and O–H groups in total. The molecular weight excluding hydrogens is 401 g/mol. The van der Waals surface area contributed by atoms with Gasteiger partial charge in [-0.2, -0.15) is 0 Å². The molecule has 1 aliphatic rings. The number of carbonyl (C=O) groups excluding carboxylic acids is 2. The zero-order valence-electron chi connectivity index (χ0n) is 17.2. The summed E-state index contributed by atoms with van der Waals surface area (Å²) in [6, 6.07) is 11.4. The SMILES string of the molecule is CC(=O)Nc1cc(C(=O)NCCCN2CCCCC2)ccc1Sc1ccc(F)cc1. The van der Waals surface area contributed by atoms with Gasteiger partial charge in [-0.1, -0.05) is 18.2 Å². The maximum Gasteiger partial charge on any atom is 0.251 e. The van der Waals surface area contributed by atoms with Crippen molar-refractivity contribution in [1.29, 1.82) is 0 Å². The molecule has 160 valence electrons. The zero-order chi connectivity index (χ0) is 21.3. The molecule has 0 bridgehead atoms. The molecule has 30 heavy (non-hydrogen) atoms. The van der Waals surface area contributed by atoms with Crippen molar-refractivity contribution in [3.8, 4) is 0 Å². The number of anilines is 1. The molecule has 1 saturated heterocycles. The van der Waals surface area contributed by atoms with Gasteiger partial charge < -0.3 is 15.5 Å². The molecule has 0 spiro atoms. The first-order chi connectivity index (χ1) is 14.5. The summed E-state index contributed by atoms with van der Waals surface area (Å²) >= 11 is 1.40. The molecule has 7 heteroatoms. The monoisotopic (exact) mass is 429 g/mol. The molecular formula is C23H28FN3O2S. The molecule has 1 aliphatic heterocycles. The standard InChI is InChI=1S/C23H28FN3O2S/c1-17(28)26-21-16-18(6-11-22(21)30-20-9-7-19(24)8-10-20)23(29)25-12-5-15-27-13-3-2-4-14-27/h6-11,16H,2-5,12-15H2,1H3,(H,25,29)(H,26,28). The van der Waals surface area contributed by atoms with E-state index in [1.165, 1.54) is 50.1 Å². The molecule has 2 aromatic carbocycles. The average Bonchev–Trinajstić information content (AvgIpc) is 2.74. The predicted octanol–water partition coefficient (Wildman–Crippen LogP) is 4.54. The van der Waals surface area contributed by atoms with E-state index in [9.17, 15) is 14.0 Å². The summed E-state index contributed by atoms with van der Waals surface area (Å²) in [5.41, 5.74) is 1.07. The molecule has 0 saturated carbocycles. The average molecular weight is 430 g/mol. The van der Waals surface area contributed by atoms with Crippen molar-refractivity contribution < 1.29 is 14.0 Å². The van der Waals surface area contributed by atoms with Crippen LogP contribution in [-0.2, 0) is 4.79 Å². The summed E-state index contributed by atoms with van der Waals surface area (Å²) in [7, 11) is 0. The van der Waals surface area contributed by atoms with Crippen LogP contribution in [0.5, 0.6) is 0 Å². The second-order valence-corrected chi connectivity index (χ2v) is 8.58. The van der Waals surface area contributed by atoms with Gasteiger partial charge in [0.25, 0.3) is 5.91 Å². The highest BCUT2D eigenvalue weighted by Crippen LogP contribution is 2.34. The maximum absolute atomic E-state index is 13.1. The van der Waals surface area contributed by atoms with Crippen LogP contribution in [0.4, 0.5) is 10.1 Å². The number of amides is 2. The van der Waals surface area contributed by atoms with E-state index in [1.54, 1.807) is 24.3 Å². The summed E-state index contributed by atoms with van der Waals surface area (Å²) in [5, 5.41) is 5.76. The summed E-state index contributed by atoms with van der Waals surface area (Å²) in [4.78, 5) is 28.3. The van der Waals surface area contributed by atoms with E-state index in [2.05, 4.69) is 15.5 Å². The number of halogens is 1. The molecule has 1 fully saturated rings. The van der Waals surface area contributed by atoms with Gasteiger partial charge in [-0.05, 0) is 81.4 Å². The van der Waals surface area contributed by atoms with Gasteiger partial charge in [0.1, 0.15) is 5.82 Å². The van der Waals surface area contributed by atoms with E-state index in [-0.39, 0.29) is 17.6 Å². The molecule has 0 radical (unpaired) electrons. The van der Waals surface area contributed by atoms with Crippen LogP contribution in [0.25, 0.3) is 0 Å². The highest BCUT2D eigenvalue weighted by Gasteiger charge is 2.13. The first-order valence-electron chi connectivity index (χ1n) is 10.4. The van der Waals surface area contributed by atoms with Crippen molar-refractivity contribution >= 4 is 29.3 Å². The van der Waals surface area contributed by atoms with Crippen LogP contribution in [0, 0.1) is 5.82 Å². The first-order valence-corrected chi connectivity index (χ1v) is 11.2. The second-order valence-electron chi connectivity index (χ2n) is 7.46. The Morgan fingerprint density at radius 3 is 2.50 bits per heavy atom. The summed E-state index contributed by atoms with van der Waals surface area (Å²) in [5.74, 6) is -0.664. The van der Waals surface area contributed by atoms with E-state index in [0.29, 0.717) is 17.8 Å². The van der Waals surface area contributed by atoms with Crippen LogP contribution in [0.1, 0.15) is 43.0 Å². The molecule has 0 aliphatic carbocycles. The maximum atomic E-state index is 13.1. The Morgan fingerprint density at radius 1 is 1.07 bits per heavy atom. The Morgan fingerprint density at radius 2 is 1.80 bits per heavy atom. The number of hydrogen-bond acceptors (Lipinski definition) is 4. The van der Waals surface area contributed by atoms with Crippen molar-refractivity contribution in [3.05, 3.63) is 53.8 Å². The summed E-state index contributed by atoms with van der Waals surface area (Å²) in [6.45, 7) is 5.36. The minimum absolute atomic E-state index is 0.154. The third-order valence-electron chi connectivity index (χ3n) is 4.98. The van der Waals surface area contributed by atoms with E-state index >= 15 is 0 Å². The smallest absolute Gasteiger partial charge is 0.251 e. The number of hydrogen-bond donors (Lipinski definition) is 2. The van der Waals surface area contributed by atoms with Crippen LogP contribution in [0.2, 0.25) is 0 Å². The van der Waals surface area contributed by atoms with E-state index in [1.807, 2.05) is 6.07 Å². The van der Waals surface area contributed by atoms with Crippen molar-refractivity contribution in [3.63, 3.8) is 0 Å². The van der Waals surface area contributed by atoms with Crippen LogP contribution in [-0.4, -0.2) is 42.9 Å². The van der Waals surface area contributed by atoms with Crippen molar-refractivity contribution in [2.45, 2.75) is 42.4 Å². The minimum atomic E-state index is -0.297. The van der Waals surface area contributed by atoms with Gasteiger partial charge in [0.2, 0.25) is 5.91 Å². The highest BCUT2D eigenvalue weighted by atomic mass is 32.2. The van der Waals surface area contributed by atoms with Crippen molar-refractivity contribution in [1.82, 2.24) is 10.2 Å². The lowest BCUT2D eigenvalue weighted by Gasteiger charge is -2.26. The number of rotatable bonds is 8. The Bertz CT molecular complexity index is 867. The van der Waals surface area contributed by atoms with Gasteiger partial charge in [-0.15, -0.1) is 0 Å². The quantitative estimate of drug-likeness (QED) is 0.605. The van der Waals surface area contributed by atoms with Crippen LogP contribution >= 0.6 is 11.8 Å². The molecule has 2 aromatic rings. The number of nitrogens with zero attached hydrogens (tertiary/aromatic N) is 1. The molecule has 3 rings (SSSR count). The Hall–Kier alpha value is -2.38. The lowest BCUT2D eigenvalue weighted by atomic mass is 10.1. The fourth-order valence-electron chi connectivity index (χ4n) is 3.47. The lowest BCUT2D eigenvalue weighted by molar-refractivity contribution is -0.114. The van der Waals surface area contributed by atoms with Crippen molar-refractivity contribution in [2.24, 2.45) is 0 Å². The number of piperidine rings is 1. The van der Waals surface area contributed by atoms with E-state index in [0.717, 1.165) is 35.8 Å². The Balaban J connectivity index is 1.60. The molecule has 5 nitrogen and oxygen atoms in total. The van der Waals surface area contributed by atoms with E-state index in [4.69, 9.17) is 0 Å². The number of nitrogens with one attached hydrogen (secondary N) is 2. The highest BCUT2D eigenvalue weighted by molar-refractivity contribution is 7.99. The van der Waals surface area contributed by atoms with E-state index < -0.39 is 0 Å². The third kappa shape index (κ3) is 6.85. The van der Waals surface area contributed by atoms with Crippen LogP contribution in [0.15, 0.2) is 52.3 Å². The van der Waals surface area contributed by atoms with Gasteiger partial charge in [-0.3, -0.25) is 9.59 Å². The normalized spacial score (nSPS) is 14.3. The molecule has 0 unspecified atom stereocenters. The minimum Gasteiger partial charge on any atom is -0.352 e. The summed E-state index contributed by atoms with van der Waals surface area (Å²) in [6.07, 6.45) is 4.77. The first kappa shape index (κ1) is 22.3. The van der Waals surface area contributed by atoms with Crippen molar-refractivity contribution in [2.75, 3.05) is 31.5 Å². The molecule has 0 aromatic heterocycles. The topological polar surface area (TPSA) is 61.4 Å². The molecule has 2 amide bonds. The Kier molecular flexibility index (Phi) is 8.28. The predicted molar refractivity (Wildman–Crippen MR) is 119 cm³/mol. The fraction of sp³-hybridized carbons (Fsp3) is 0.391.